The van der Waals surface area contributed by atoms with Crippen molar-refractivity contribution in [1.82, 2.24) is 16.0 Å². The van der Waals surface area contributed by atoms with Crippen LogP contribution in [-0.4, -0.2) is 80.8 Å². The van der Waals surface area contributed by atoms with Gasteiger partial charge in [-0.25, -0.2) is 4.79 Å². The number of nitrogens with one attached hydrogen (secondary N) is 3. The van der Waals surface area contributed by atoms with Crippen LogP contribution in [0.15, 0.2) is 24.3 Å². The first-order chi connectivity index (χ1) is 16.3. The Labute approximate surface area is 204 Å². The smallest absolute Gasteiger partial charge is 0.327 e. The molecule has 0 aromatic heterocycles. The largest absolute Gasteiger partial charge is 0.508 e. The standard InChI is InChI=1S/C20H27N5O9S/c21-11(5-9-1-3-10(26)4-2-9)17(30)23-13(7-16(28)29)19(32)24-12(6-15(22)27)18(31)25-14(8-35)20(33)34/h1-4,11-14,26,35H,5-8,21H2,(H2,22,27)(H,23,30)(H,24,32)(H,25,31)(H,28,29)(H,33,34). The Kier molecular flexibility index (Phi) is 11.5. The summed E-state index contributed by atoms with van der Waals surface area (Å²) in [5.74, 6) is -7.29. The number of carboxylic acids is 2. The predicted molar refractivity (Wildman–Crippen MR) is 123 cm³/mol. The van der Waals surface area contributed by atoms with Crippen molar-refractivity contribution in [2.45, 2.75) is 43.4 Å². The van der Waals surface area contributed by atoms with E-state index in [1.807, 2.05) is 0 Å². The van der Waals surface area contributed by atoms with Crippen LogP contribution in [0.4, 0.5) is 0 Å². The zero-order valence-electron chi connectivity index (χ0n) is 18.3. The molecule has 4 atom stereocenters. The Balaban J connectivity index is 2.95. The van der Waals surface area contributed by atoms with Gasteiger partial charge in [0.2, 0.25) is 23.6 Å². The summed E-state index contributed by atoms with van der Waals surface area (Å²) in [5, 5.41) is 33.9. The number of primary amides is 1. The van der Waals surface area contributed by atoms with Crippen LogP contribution in [0.25, 0.3) is 0 Å². The molecule has 0 aliphatic heterocycles. The number of rotatable bonds is 14. The lowest BCUT2D eigenvalue weighted by Gasteiger charge is -2.24. The topological polar surface area (TPSA) is 251 Å². The van der Waals surface area contributed by atoms with E-state index >= 15 is 0 Å². The number of hydrogen-bond acceptors (Lipinski definition) is 9. The molecular weight excluding hydrogens is 486 g/mol. The summed E-state index contributed by atoms with van der Waals surface area (Å²) in [6.45, 7) is 0. The maximum Gasteiger partial charge on any atom is 0.327 e. The summed E-state index contributed by atoms with van der Waals surface area (Å²) in [6, 6.07) is -0.168. The van der Waals surface area contributed by atoms with Crippen molar-refractivity contribution < 1.29 is 44.1 Å². The van der Waals surface area contributed by atoms with E-state index in [4.69, 9.17) is 21.7 Å². The van der Waals surface area contributed by atoms with Crippen LogP contribution in [0.5, 0.6) is 5.75 Å². The molecule has 0 heterocycles. The number of benzene rings is 1. The molecule has 0 aliphatic rings. The molecular formula is C20H27N5O9S. The monoisotopic (exact) mass is 513 g/mol. The molecule has 1 aromatic carbocycles. The van der Waals surface area contributed by atoms with Crippen LogP contribution in [0, 0.1) is 0 Å². The maximum absolute atomic E-state index is 12.7. The summed E-state index contributed by atoms with van der Waals surface area (Å²) < 4.78 is 0. The van der Waals surface area contributed by atoms with Crippen LogP contribution in [0.3, 0.4) is 0 Å². The fourth-order valence-electron chi connectivity index (χ4n) is 2.78. The molecule has 1 rings (SSSR count). The van der Waals surface area contributed by atoms with Gasteiger partial charge in [0, 0.05) is 5.75 Å². The third kappa shape index (κ3) is 10.3. The Morgan fingerprint density at radius 3 is 1.77 bits per heavy atom. The molecule has 0 bridgehead atoms. The van der Waals surface area contributed by atoms with Crippen LogP contribution in [-0.2, 0) is 35.2 Å². The second-order valence-electron chi connectivity index (χ2n) is 7.45. The first-order valence-electron chi connectivity index (χ1n) is 10.1. The molecule has 15 heteroatoms. The van der Waals surface area contributed by atoms with Crippen molar-refractivity contribution in [3.05, 3.63) is 29.8 Å². The van der Waals surface area contributed by atoms with Gasteiger partial charge >= 0.3 is 11.9 Å². The van der Waals surface area contributed by atoms with E-state index < -0.39 is 72.6 Å². The van der Waals surface area contributed by atoms with Crippen LogP contribution >= 0.6 is 12.6 Å². The van der Waals surface area contributed by atoms with Gasteiger partial charge in [0.25, 0.3) is 0 Å². The average molecular weight is 514 g/mol. The molecule has 4 unspecified atom stereocenters. The third-order valence-corrected chi connectivity index (χ3v) is 4.94. The van der Waals surface area contributed by atoms with E-state index in [2.05, 4.69) is 28.6 Å². The molecule has 35 heavy (non-hydrogen) atoms. The lowest BCUT2D eigenvalue weighted by molar-refractivity contribution is -0.143. The minimum atomic E-state index is -1.69. The molecule has 0 fully saturated rings. The highest BCUT2D eigenvalue weighted by Gasteiger charge is 2.32. The number of phenols is 1. The number of aliphatic carboxylic acids is 2. The highest BCUT2D eigenvalue weighted by Crippen LogP contribution is 2.11. The van der Waals surface area contributed by atoms with Crippen LogP contribution in [0.2, 0.25) is 0 Å². The Morgan fingerprint density at radius 2 is 1.31 bits per heavy atom. The number of phenolic OH excluding ortho intramolecular Hbond substituents is 1. The second-order valence-corrected chi connectivity index (χ2v) is 7.81. The summed E-state index contributed by atoms with van der Waals surface area (Å²) in [4.78, 5) is 71.3. The molecule has 1 aromatic rings. The van der Waals surface area contributed by atoms with Gasteiger partial charge in [-0.3, -0.25) is 24.0 Å². The molecule has 0 saturated carbocycles. The van der Waals surface area contributed by atoms with Crippen molar-refractivity contribution in [3.63, 3.8) is 0 Å². The number of thiol groups is 1. The molecule has 10 N–H and O–H groups in total. The van der Waals surface area contributed by atoms with Gasteiger partial charge in [0.15, 0.2) is 0 Å². The average Bonchev–Trinajstić information content (AvgIpc) is 2.76. The van der Waals surface area contributed by atoms with E-state index in [0.717, 1.165) is 0 Å². The van der Waals surface area contributed by atoms with Crippen molar-refractivity contribution in [2.75, 3.05) is 5.75 Å². The van der Waals surface area contributed by atoms with Crippen molar-refractivity contribution >= 4 is 48.2 Å². The second kappa shape index (κ2) is 13.8. The number of aromatic hydroxyl groups is 1. The zero-order chi connectivity index (χ0) is 26.7. The first kappa shape index (κ1) is 29.2. The first-order valence-corrected chi connectivity index (χ1v) is 10.8. The van der Waals surface area contributed by atoms with Gasteiger partial charge in [-0.15, -0.1) is 0 Å². The number of amides is 4. The molecule has 4 amide bonds. The molecule has 192 valence electrons. The van der Waals surface area contributed by atoms with E-state index in [1.165, 1.54) is 24.3 Å². The molecule has 0 spiro atoms. The lowest BCUT2D eigenvalue weighted by Crippen LogP contribution is -2.58. The Hall–Kier alpha value is -3.85. The van der Waals surface area contributed by atoms with Crippen LogP contribution in [0.1, 0.15) is 18.4 Å². The molecule has 0 aliphatic carbocycles. The highest BCUT2D eigenvalue weighted by molar-refractivity contribution is 7.80. The van der Waals surface area contributed by atoms with Crippen molar-refractivity contribution in [2.24, 2.45) is 11.5 Å². The van der Waals surface area contributed by atoms with E-state index in [1.54, 1.807) is 0 Å². The molecule has 0 saturated heterocycles. The van der Waals surface area contributed by atoms with Gasteiger partial charge in [-0.1, -0.05) is 12.1 Å². The van der Waals surface area contributed by atoms with Gasteiger partial charge in [0.05, 0.1) is 18.9 Å². The van der Waals surface area contributed by atoms with Gasteiger partial charge in [0.1, 0.15) is 23.9 Å². The number of nitrogens with two attached hydrogens (primary N) is 2. The number of carbonyl (C=O) groups is 6. The molecule has 0 radical (unpaired) electrons. The van der Waals surface area contributed by atoms with E-state index in [9.17, 15) is 33.9 Å². The fraction of sp³-hybridized carbons (Fsp3) is 0.400. The lowest BCUT2D eigenvalue weighted by atomic mass is 10.0. The van der Waals surface area contributed by atoms with Crippen LogP contribution < -0.4 is 27.4 Å². The molecule has 14 nitrogen and oxygen atoms in total. The summed E-state index contributed by atoms with van der Waals surface area (Å²) in [6.07, 6.45) is -1.62. The van der Waals surface area contributed by atoms with E-state index in [-0.39, 0.29) is 17.9 Å². The predicted octanol–water partition coefficient (Wildman–Crippen LogP) is -2.92. The number of carboxylic acid groups (broad SMARTS) is 2. The zero-order valence-corrected chi connectivity index (χ0v) is 19.2. The van der Waals surface area contributed by atoms with E-state index in [0.29, 0.717) is 5.56 Å². The minimum absolute atomic E-state index is 0.000530. The number of carbonyl (C=O) groups excluding carboxylic acids is 4. The van der Waals surface area contributed by atoms with Crippen molar-refractivity contribution in [3.8, 4) is 5.75 Å². The Bertz CT molecular complexity index is 957. The summed E-state index contributed by atoms with van der Waals surface area (Å²) in [5.41, 5.74) is 11.5. The maximum atomic E-state index is 12.7. The van der Waals surface area contributed by atoms with Gasteiger partial charge in [-0.05, 0) is 24.1 Å². The summed E-state index contributed by atoms with van der Waals surface area (Å²) in [7, 11) is 0. The number of hydrogen-bond donors (Lipinski definition) is 9. The van der Waals surface area contributed by atoms with Gasteiger partial charge in [-0.2, -0.15) is 12.6 Å². The van der Waals surface area contributed by atoms with Gasteiger partial charge < -0.3 is 42.7 Å². The SMILES string of the molecule is NC(=O)CC(NC(=O)C(CC(=O)O)NC(=O)C(N)Cc1ccc(O)cc1)C(=O)NC(CS)C(=O)O. The third-order valence-electron chi connectivity index (χ3n) is 4.58. The van der Waals surface area contributed by atoms with Crippen molar-refractivity contribution in [1.29, 1.82) is 0 Å². The quantitative estimate of drug-likeness (QED) is 0.115. The Morgan fingerprint density at radius 1 is 0.829 bits per heavy atom. The fourth-order valence-corrected chi connectivity index (χ4v) is 3.03. The summed E-state index contributed by atoms with van der Waals surface area (Å²) >= 11 is 3.79. The normalized spacial score (nSPS) is 14.0. The minimum Gasteiger partial charge on any atom is -0.508 e. The highest BCUT2D eigenvalue weighted by atomic mass is 32.1.